The average molecular weight is 163 g/mol. The van der Waals surface area contributed by atoms with E-state index in [1.54, 1.807) is 0 Å². The van der Waals surface area contributed by atoms with Crippen LogP contribution in [0.2, 0.25) is 0 Å². The summed E-state index contributed by atoms with van der Waals surface area (Å²) in [4.78, 5) is 2.12. The van der Waals surface area contributed by atoms with E-state index in [4.69, 9.17) is 4.74 Å². The van der Waals surface area contributed by atoms with Crippen molar-refractivity contribution in [3.05, 3.63) is 0 Å². The zero-order valence-electron chi connectivity index (χ0n) is 7.09. The second kappa shape index (κ2) is 7.38. The summed E-state index contributed by atoms with van der Waals surface area (Å²) in [5.41, 5.74) is 0. The van der Waals surface area contributed by atoms with Crippen molar-refractivity contribution in [1.82, 2.24) is 4.90 Å². The van der Waals surface area contributed by atoms with Gasteiger partial charge in [0.2, 0.25) is 0 Å². The molecule has 0 spiro atoms. The van der Waals surface area contributed by atoms with Gasteiger partial charge in [-0.3, -0.25) is 0 Å². The highest BCUT2D eigenvalue weighted by Gasteiger charge is 1.89. The third kappa shape index (κ3) is 8.27. The Morgan fingerprint density at radius 2 is 2.00 bits per heavy atom. The minimum Gasteiger partial charge on any atom is -0.379 e. The first-order chi connectivity index (χ1) is 4.77. The molecule has 0 aromatic carbocycles. The fourth-order valence-electron chi connectivity index (χ4n) is 0.491. The number of thioether (sulfide) groups is 1. The Hall–Kier alpha value is 0.270. The van der Waals surface area contributed by atoms with Gasteiger partial charge < -0.3 is 9.64 Å². The van der Waals surface area contributed by atoms with E-state index >= 15 is 0 Å². The van der Waals surface area contributed by atoms with Crippen LogP contribution < -0.4 is 0 Å². The molecule has 0 aromatic heterocycles. The van der Waals surface area contributed by atoms with Gasteiger partial charge in [-0.25, -0.2) is 0 Å². The van der Waals surface area contributed by atoms with Gasteiger partial charge in [-0.15, -0.1) is 0 Å². The molecule has 0 atom stereocenters. The topological polar surface area (TPSA) is 12.5 Å². The van der Waals surface area contributed by atoms with Crippen molar-refractivity contribution >= 4 is 11.8 Å². The number of nitrogens with zero attached hydrogens (tertiary/aromatic N) is 1. The third-order valence-electron chi connectivity index (χ3n) is 1.11. The molecular weight excluding hydrogens is 146 g/mol. The first kappa shape index (κ1) is 10.3. The largest absolute Gasteiger partial charge is 0.379 e. The lowest BCUT2D eigenvalue weighted by atomic mass is 10.6. The molecule has 0 aliphatic carbocycles. The van der Waals surface area contributed by atoms with E-state index in [0.717, 1.165) is 25.5 Å². The number of rotatable bonds is 6. The molecule has 0 rings (SSSR count). The number of hydrogen-bond donors (Lipinski definition) is 0. The van der Waals surface area contributed by atoms with E-state index in [1.165, 1.54) is 0 Å². The summed E-state index contributed by atoms with van der Waals surface area (Å²) in [7, 11) is 4.11. The summed E-state index contributed by atoms with van der Waals surface area (Å²) in [6.45, 7) is 2.76. The van der Waals surface area contributed by atoms with Crippen LogP contribution in [0.5, 0.6) is 0 Å². The van der Waals surface area contributed by atoms with Crippen molar-refractivity contribution in [2.24, 2.45) is 0 Å². The standard InChI is InChI=1S/C7H17NOS/c1-8(2)4-5-9-6-7-10-3/h4-7H2,1-3H3. The predicted molar refractivity (Wildman–Crippen MR) is 47.8 cm³/mol. The van der Waals surface area contributed by atoms with Gasteiger partial charge in [0.25, 0.3) is 0 Å². The Morgan fingerprint density at radius 3 is 2.50 bits per heavy atom. The molecule has 2 nitrogen and oxygen atoms in total. The molecule has 62 valence electrons. The molecule has 10 heavy (non-hydrogen) atoms. The molecule has 0 aliphatic rings. The maximum Gasteiger partial charge on any atom is 0.0593 e. The third-order valence-corrected chi connectivity index (χ3v) is 1.69. The van der Waals surface area contributed by atoms with Gasteiger partial charge in [0, 0.05) is 12.3 Å². The van der Waals surface area contributed by atoms with Crippen LogP contribution in [-0.4, -0.2) is 50.8 Å². The van der Waals surface area contributed by atoms with Gasteiger partial charge in [0.1, 0.15) is 0 Å². The van der Waals surface area contributed by atoms with Gasteiger partial charge >= 0.3 is 0 Å². The molecule has 0 saturated carbocycles. The van der Waals surface area contributed by atoms with E-state index in [-0.39, 0.29) is 0 Å². The molecule has 0 aliphatic heterocycles. The SMILES string of the molecule is CSCCOCCN(C)C. The molecule has 0 unspecified atom stereocenters. The first-order valence-electron chi connectivity index (χ1n) is 3.48. The molecular formula is C7H17NOS. The Kier molecular flexibility index (Phi) is 7.58. The fourth-order valence-corrected chi connectivity index (χ4v) is 0.776. The van der Waals surface area contributed by atoms with Gasteiger partial charge in [0.05, 0.1) is 13.2 Å². The second-order valence-corrected chi connectivity index (χ2v) is 3.39. The molecule has 0 aromatic rings. The quantitative estimate of drug-likeness (QED) is 0.540. The van der Waals surface area contributed by atoms with Gasteiger partial charge in [-0.1, -0.05) is 0 Å². The van der Waals surface area contributed by atoms with Crippen LogP contribution >= 0.6 is 11.8 Å². The van der Waals surface area contributed by atoms with E-state index in [9.17, 15) is 0 Å². The van der Waals surface area contributed by atoms with Crippen LogP contribution in [0, 0.1) is 0 Å². The van der Waals surface area contributed by atoms with E-state index < -0.39 is 0 Å². The number of hydrogen-bond acceptors (Lipinski definition) is 3. The molecule has 0 saturated heterocycles. The van der Waals surface area contributed by atoms with Crippen LogP contribution in [0.4, 0.5) is 0 Å². The van der Waals surface area contributed by atoms with Crippen LogP contribution in [-0.2, 0) is 4.74 Å². The van der Waals surface area contributed by atoms with E-state index in [1.807, 2.05) is 11.8 Å². The second-order valence-electron chi connectivity index (χ2n) is 2.41. The molecule has 0 fully saturated rings. The number of ether oxygens (including phenoxy) is 1. The van der Waals surface area contributed by atoms with Crippen molar-refractivity contribution in [3.8, 4) is 0 Å². The zero-order valence-corrected chi connectivity index (χ0v) is 7.91. The van der Waals surface area contributed by atoms with Crippen molar-refractivity contribution in [2.45, 2.75) is 0 Å². The maximum atomic E-state index is 5.32. The van der Waals surface area contributed by atoms with Gasteiger partial charge in [-0.2, -0.15) is 11.8 Å². The number of likely N-dealkylation sites (N-methyl/N-ethyl adjacent to an activating group) is 1. The highest BCUT2D eigenvalue weighted by Crippen LogP contribution is 1.90. The predicted octanol–water partition coefficient (Wildman–Crippen LogP) is 0.928. The Morgan fingerprint density at radius 1 is 1.30 bits per heavy atom. The van der Waals surface area contributed by atoms with Crippen LogP contribution in [0.25, 0.3) is 0 Å². The molecule has 0 heterocycles. The summed E-state index contributed by atoms with van der Waals surface area (Å²) in [5.74, 6) is 1.10. The summed E-state index contributed by atoms with van der Waals surface area (Å²) in [6.07, 6.45) is 2.09. The van der Waals surface area contributed by atoms with Crippen LogP contribution in [0.3, 0.4) is 0 Å². The maximum absolute atomic E-state index is 5.32. The van der Waals surface area contributed by atoms with E-state index in [0.29, 0.717) is 0 Å². The van der Waals surface area contributed by atoms with Crippen molar-refractivity contribution in [3.63, 3.8) is 0 Å². The lowest BCUT2D eigenvalue weighted by molar-refractivity contribution is 0.131. The summed E-state index contributed by atoms with van der Waals surface area (Å²) in [6, 6.07) is 0. The Bertz CT molecular complexity index is 68.6. The Labute approximate surface area is 67.9 Å². The molecule has 0 radical (unpaired) electrons. The van der Waals surface area contributed by atoms with Crippen molar-refractivity contribution < 1.29 is 4.74 Å². The Balaban J connectivity index is 2.77. The molecule has 0 N–H and O–H groups in total. The lowest BCUT2D eigenvalue weighted by Gasteiger charge is -2.08. The van der Waals surface area contributed by atoms with Crippen LogP contribution in [0.1, 0.15) is 0 Å². The monoisotopic (exact) mass is 163 g/mol. The highest BCUT2D eigenvalue weighted by molar-refractivity contribution is 7.98. The summed E-state index contributed by atoms with van der Waals surface area (Å²) in [5, 5.41) is 0. The molecule has 3 heteroatoms. The van der Waals surface area contributed by atoms with E-state index in [2.05, 4.69) is 25.3 Å². The normalized spacial score (nSPS) is 10.8. The molecule has 0 bridgehead atoms. The van der Waals surface area contributed by atoms with Gasteiger partial charge in [0.15, 0.2) is 0 Å². The summed E-state index contributed by atoms with van der Waals surface area (Å²) >= 11 is 1.82. The highest BCUT2D eigenvalue weighted by atomic mass is 32.2. The van der Waals surface area contributed by atoms with Crippen molar-refractivity contribution in [2.75, 3.05) is 45.9 Å². The average Bonchev–Trinajstić information content (AvgIpc) is 1.87. The first-order valence-corrected chi connectivity index (χ1v) is 4.88. The fraction of sp³-hybridized carbons (Fsp3) is 1.00. The van der Waals surface area contributed by atoms with Gasteiger partial charge in [-0.05, 0) is 20.4 Å². The summed E-state index contributed by atoms with van der Waals surface area (Å²) < 4.78 is 5.32. The minimum absolute atomic E-state index is 0.855. The molecule has 0 amide bonds. The van der Waals surface area contributed by atoms with Crippen molar-refractivity contribution in [1.29, 1.82) is 0 Å². The minimum atomic E-state index is 0.855. The zero-order chi connectivity index (χ0) is 7.82. The lowest BCUT2D eigenvalue weighted by Crippen LogP contribution is -2.18. The van der Waals surface area contributed by atoms with Crippen LogP contribution in [0.15, 0.2) is 0 Å². The smallest absolute Gasteiger partial charge is 0.0593 e.